The smallest absolute Gasteiger partial charge is 0.227 e. The molecule has 0 aromatic carbocycles. The third-order valence-corrected chi connectivity index (χ3v) is 3.93. The van der Waals surface area contributed by atoms with Crippen molar-refractivity contribution in [3.63, 3.8) is 0 Å². The van der Waals surface area contributed by atoms with Crippen molar-refractivity contribution in [1.82, 2.24) is 30.1 Å². The molecular weight excluding hydrogens is 306 g/mol. The van der Waals surface area contributed by atoms with E-state index in [4.69, 9.17) is 4.74 Å². The lowest BCUT2D eigenvalue weighted by Gasteiger charge is -2.33. The molecule has 8 nitrogen and oxygen atoms in total. The van der Waals surface area contributed by atoms with Gasteiger partial charge in [-0.25, -0.2) is 15.0 Å². The van der Waals surface area contributed by atoms with Crippen LogP contribution in [0.4, 0.5) is 5.95 Å². The molecule has 1 saturated heterocycles. The predicted molar refractivity (Wildman–Crippen MR) is 87.5 cm³/mol. The highest BCUT2D eigenvalue weighted by Gasteiger charge is 2.24. The van der Waals surface area contributed by atoms with E-state index in [9.17, 15) is 0 Å². The number of hydrogen-bond donors (Lipinski definition) is 0. The molecule has 0 aliphatic carbocycles. The molecule has 1 aliphatic rings. The number of fused-ring (bicyclic) bond motifs is 1. The summed E-state index contributed by atoms with van der Waals surface area (Å²) >= 11 is 0. The van der Waals surface area contributed by atoms with Crippen LogP contribution in [0, 0.1) is 13.8 Å². The fourth-order valence-electron chi connectivity index (χ4n) is 2.74. The van der Waals surface area contributed by atoms with Crippen molar-refractivity contribution in [2.75, 3.05) is 24.6 Å². The summed E-state index contributed by atoms with van der Waals surface area (Å²) in [6.45, 7) is 5.82. The number of nitrogens with zero attached hydrogens (tertiary/aromatic N) is 7. The van der Waals surface area contributed by atoms with Crippen LogP contribution in [-0.4, -0.2) is 49.8 Å². The maximum atomic E-state index is 5.88. The van der Waals surface area contributed by atoms with Crippen LogP contribution in [0.1, 0.15) is 23.1 Å². The van der Waals surface area contributed by atoms with E-state index in [0.717, 1.165) is 23.5 Å². The van der Waals surface area contributed by atoms with Gasteiger partial charge in [-0.15, -0.1) is 0 Å². The SMILES string of the molecule is Cc1cc(C2CN(c3ncc4ncc(C)nc4n3)CCO2)cnn1. The zero-order valence-electron chi connectivity index (χ0n) is 13.5. The van der Waals surface area contributed by atoms with Gasteiger partial charge in [0.1, 0.15) is 11.6 Å². The highest BCUT2D eigenvalue weighted by molar-refractivity contribution is 5.69. The first-order valence-corrected chi connectivity index (χ1v) is 7.81. The summed E-state index contributed by atoms with van der Waals surface area (Å²) in [5.74, 6) is 0.648. The molecule has 0 spiro atoms. The van der Waals surface area contributed by atoms with Gasteiger partial charge in [0.15, 0.2) is 5.65 Å². The molecule has 1 aliphatic heterocycles. The molecule has 8 heteroatoms. The van der Waals surface area contributed by atoms with Gasteiger partial charge in [-0.2, -0.15) is 15.2 Å². The monoisotopic (exact) mass is 323 g/mol. The van der Waals surface area contributed by atoms with Gasteiger partial charge in [-0.1, -0.05) is 0 Å². The van der Waals surface area contributed by atoms with Crippen LogP contribution in [-0.2, 0) is 4.74 Å². The Labute approximate surface area is 139 Å². The second kappa shape index (κ2) is 6.04. The topological polar surface area (TPSA) is 89.8 Å². The highest BCUT2D eigenvalue weighted by Crippen LogP contribution is 2.24. The first-order valence-electron chi connectivity index (χ1n) is 7.81. The average Bonchev–Trinajstić information content (AvgIpc) is 2.61. The van der Waals surface area contributed by atoms with Crippen LogP contribution in [0.15, 0.2) is 24.7 Å². The molecule has 0 radical (unpaired) electrons. The summed E-state index contributed by atoms with van der Waals surface area (Å²) in [5.41, 5.74) is 4.04. The van der Waals surface area contributed by atoms with Crippen molar-refractivity contribution in [3.8, 4) is 0 Å². The molecule has 0 N–H and O–H groups in total. The summed E-state index contributed by atoms with van der Waals surface area (Å²) in [6, 6.07) is 2.00. The van der Waals surface area contributed by atoms with Crippen molar-refractivity contribution in [2.45, 2.75) is 20.0 Å². The minimum Gasteiger partial charge on any atom is -0.370 e. The fourth-order valence-corrected chi connectivity index (χ4v) is 2.74. The molecule has 1 unspecified atom stereocenters. The molecule has 3 aromatic heterocycles. The maximum Gasteiger partial charge on any atom is 0.227 e. The van der Waals surface area contributed by atoms with Gasteiger partial charge in [-0.05, 0) is 19.9 Å². The Morgan fingerprint density at radius 2 is 2.00 bits per heavy atom. The Kier molecular flexibility index (Phi) is 3.73. The molecule has 1 fully saturated rings. The summed E-state index contributed by atoms with van der Waals surface area (Å²) < 4.78 is 5.88. The maximum absolute atomic E-state index is 5.88. The number of rotatable bonds is 2. The van der Waals surface area contributed by atoms with Gasteiger partial charge in [0.05, 0.1) is 36.9 Å². The zero-order chi connectivity index (χ0) is 16.5. The first-order chi connectivity index (χ1) is 11.7. The number of anilines is 1. The van der Waals surface area contributed by atoms with Crippen LogP contribution in [0.5, 0.6) is 0 Å². The van der Waals surface area contributed by atoms with Gasteiger partial charge in [0.25, 0.3) is 0 Å². The number of morpholine rings is 1. The molecule has 0 bridgehead atoms. The third kappa shape index (κ3) is 2.88. The standard InChI is InChI=1S/C16H17N7O/c1-10-5-12(7-19-22-10)14-9-23(3-4-24-14)16-18-8-13-15(21-16)20-11(2)6-17-13/h5-8,14H,3-4,9H2,1-2H3. The fraction of sp³-hybridized carbons (Fsp3) is 0.375. The summed E-state index contributed by atoms with van der Waals surface area (Å²) in [5, 5.41) is 8.00. The lowest BCUT2D eigenvalue weighted by atomic mass is 10.1. The van der Waals surface area contributed by atoms with Crippen molar-refractivity contribution >= 4 is 17.1 Å². The largest absolute Gasteiger partial charge is 0.370 e. The van der Waals surface area contributed by atoms with E-state index in [2.05, 4.69) is 35.0 Å². The molecule has 0 amide bonds. The molecule has 1 atom stereocenters. The second-order valence-electron chi connectivity index (χ2n) is 5.83. The Bertz CT molecular complexity index is 885. The second-order valence-corrected chi connectivity index (χ2v) is 5.83. The molecule has 122 valence electrons. The van der Waals surface area contributed by atoms with E-state index in [-0.39, 0.29) is 6.10 Å². The van der Waals surface area contributed by atoms with Crippen LogP contribution >= 0.6 is 0 Å². The number of ether oxygens (including phenoxy) is 1. The average molecular weight is 323 g/mol. The lowest BCUT2D eigenvalue weighted by Crippen LogP contribution is -2.39. The Balaban J connectivity index is 1.62. The third-order valence-electron chi connectivity index (χ3n) is 3.93. The Morgan fingerprint density at radius 1 is 1.08 bits per heavy atom. The van der Waals surface area contributed by atoms with E-state index in [1.54, 1.807) is 18.6 Å². The molecular formula is C16H17N7O. The van der Waals surface area contributed by atoms with Crippen LogP contribution in [0.3, 0.4) is 0 Å². The van der Waals surface area contributed by atoms with Gasteiger partial charge >= 0.3 is 0 Å². The van der Waals surface area contributed by atoms with Crippen molar-refractivity contribution in [2.24, 2.45) is 0 Å². The number of hydrogen-bond acceptors (Lipinski definition) is 8. The summed E-state index contributed by atoms with van der Waals surface area (Å²) in [4.78, 5) is 19.8. The highest BCUT2D eigenvalue weighted by atomic mass is 16.5. The van der Waals surface area contributed by atoms with Crippen LogP contribution in [0.2, 0.25) is 0 Å². The van der Waals surface area contributed by atoms with Crippen LogP contribution < -0.4 is 4.90 Å². The van der Waals surface area contributed by atoms with E-state index < -0.39 is 0 Å². The molecule has 24 heavy (non-hydrogen) atoms. The summed E-state index contributed by atoms with van der Waals surface area (Å²) in [6.07, 6.45) is 5.11. The molecule has 3 aromatic rings. The van der Waals surface area contributed by atoms with E-state index in [0.29, 0.717) is 30.3 Å². The number of aryl methyl sites for hydroxylation is 2. The molecule has 0 saturated carbocycles. The van der Waals surface area contributed by atoms with Crippen LogP contribution in [0.25, 0.3) is 11.2 Å². The van der Waals surface area contributed by atoms with Crippen molar-refractivity contribution in [3.05, 3.63) is 41.6 Å². The van der Waals surface area contributed by atoms with E-state index >= 15 is 0 Å². The van der Waals surface area contributed by atoms with Gasteiger partial charge in [-0.3, -0.25) is 0 Å². The molecule has 4 rings (SSSR count). The molecule has 4 heterocycles. The minimum absolute atomic E-state index is 0.0733. The van der Waals surface area contributed by atoms with Gasteiger partial charge in [0, 0.05) is 18.3 Å². The Hall–Kier alpha value is -2.74. The van der Waals surface area contributed by atoms with E-state index in [1.807, 2.05) is 19.9 Å². The lowest BCUT2D eigenvalue weighted by molar-refractivity contribution is 0.0389. The van der Waals surface area contributed by atoms with E-state index in [1.165, 1.54) is 0 Å². The Morgan fingerprint density at radius 3 is 2.88 bits per heavy atom. The quantitative estimate of drug-likeness (QED) is 0.699. The normalized spacial score (nSPS) is 18.1. The van der Waals surface area contributed by atoms with Crippen molar-refractivity contribution in [1.29, 1.82) is 0 Å². The number of aromatic nitrogens is 6. The van der Waals surface area contributed by atoms with Gasteiger partial charge in [0.2, 0.25) is 5.95 Å². The first kappa shape index (κ1) is 14.8. The minimum atomic E-state index is -0.0733. The van der Waals surface area contributed by atoms with Gasteiger partial charge < -0.3 is 9.64 Å². The predicted octanol–water partition coefficient (Wildman–Crippen LogP) is 1.40. The summed E-state index contributed by atoms with van der Waals surface area (Å²) in [7, 11) is 0. The zero-order valence-corrected chi connectivity index (χ0v) is 13.5. The van der Waals surface area contributed by atoms with Crippen molar-refractivity contribution < 1.29 is 4.74 Å².